The fraction of sp³-hybridized carbons (Fsp3) is 0. The van der Waals surface area contributed by atoms with Gasteiger partial charge in [0.05, 0.1) is 16.7 Å². The van der Waals surface area contributed by atoms with Crippen LogP contribution in [0.25, 0.3) is 16.7 Å². The number of nitrogens with zero attached hydrogens (tertiary/aromatic N) is 2. The van der Waals surface area contributed by atoms with Gasteiger partial charge in [-0.25, -0.2) is 4.98 Å². The summed E-state index contributed by atoms with van der Waals surface area (Å²) in [5, 5.41) is 9.82. The molecule has 1 aromatic heterocycles. The van der Waals surface area contributed by atoms with Crippen molar-refractivity contribution in [1.82, 2.24) is 9.55 Å². The Balaban J connectivity index is 2.29. The van der Waals surface area contributed by atoms with E-state index in [1.165, 1.54) is 0 Å². The third-order valence-electron chi connectivity index (χ3n) is 2.71. The van der Waals surface area contributed by atoms with Gasteiger partial charge in [0, 0.05) is 5.69 Å². The van der Waals surface area contributed by atoms with Crippen LogP contribution in [0.1, 0.15) is 0 Å². The van der Waals surface area contributed by atoms with E-state index in [0.717, 1.165) is 11.0 Å². The molecule has 0 unspecified atom stereocenters. The molecule has 2 aromatic carbocycles. The summed E-state index contributed by atoms with van der Waals surface area (Å²) in [5.41, 5.74) is 8.82. The highest BCUT2D eigenvalue weighted by Gasteiger charge is 2.07. The monoisotopic (exact) mass is 225 g/mol. The van der Waals surface area contributed by atoms with E-state index in [1.807, 2.05) is 34.9 Å². The molecule has 3 rings (SSSR count). The predicted octanol–water partition coefficient (Wildman–Crippen LogP) is 2.31. The number of phenolic OH excluding ortho intramolecular Hbond substituents is 1. The van der Waals surface area contributed by atoms with Crippen molar-refractivity contribution in [3.8, 4) is 11.4 Å². The Morgan fingerprint density at radius 2 is 1.94 bits per heavy atom. The number of hydrogen-bond acceptors (Lipinski definition) is 3. The molecule has 3 aromatic rings. The predicted molar refractivity (Wildman–Crippen MR) is 67.1 cm³/mol. The maximum absolute atomic E-state index is 9.82. The number of imidazole rings is 1. The number of nitrogens with two attached hydrogens (primary N) is 1. The Kier molecular flexibility index (Phi) is 2.01. The summed E-state index contributed by atoms with van der Waals surface area (Å²) in [4.78, 5) is 4.27. The molecule has 1 heterocycles. The zero-order chi connectivity index (χ0) is 11.8. The maximum Gasteiger partial charge on any atom is 0.139 e. The lowest BCUT2D eigenvalue weighted by Gasteiger charge is -2.06. The van der Waals surface area contributed by atoms with E-state index < -0.39 is 0 Å². The van der Waals surface area contributed by atoms with Crippen LogP contribution in [0.4, 0.5) is 5.69 Å². The second-order valence-corrected chi connectivity index (χ2v) is 3.85. The average Bonchev–Trinajstić information content (AvgIpc) is 2.72. The van der Waals surface area contributed by atoms with E-state index in [9.17, 15) is 5.11 Å². The zero-order valence-corrected chi connectivity index (χ0v) is 9.04. The van der Waals surface area contributed by atoms with E-state index in [4.69, 9.17) is 5.73 Å². The van der Waals surface area contributed by atoms with Crippen LogP contribution in [-0.2, 0) is 0 Å². The van der Waals surface area contributed by atoms with E-state index in [2.05, 4.69) is 4.98 Å². The molecule has 0 bridgehead atoms. The SMILES string of the molecule is Nc1ccc2c(c1)ncn2-c1ccccc1O. The first-order chi connectivity index (χ1) is 8.25. The molecule has 0 fully saturated rings. The summed E-state index contributed by atoms with van der Waals surface area (Å²) in [6.07, 6.45) is 1.68. The molecule has 0 aliphatic carbocycles. The van der Waals surface area contributed by atoms with E-state index in [1.54, 1.807) is 18.5 Å². The molecular formula is C13H11N3O. The van der Waals surface area contributed by atoms with Crippen LogP contribution < -0.4 is 5.73 Å². The Morgan fingerprint density at radius 1 is 1.12 bits per heavy atom. The van der Waals surface area contributed by atoms with Crippen molar-refractivity contribution in [3.05, 3.63) is 48.8 Å². The zero-order valence-electron chi connectivity index (χ0n) is 9.04. The summed E-state index contributed by atoms with van der Waals surface area (Å²) in [6.45, 7) is 0. The summed E-state index contributed by atoms with van der Waals surface area (Å²) in [5.74, 6) is 0.226. The maximum atomic E-state index is 9.82. The first-order valence-corrected chi connectivity index (χ1v) is 5.26. The fourth-order valence-electron chi connectivity index (χ4n) is 1.89. The van der Waals surface area contributed by atoms with Gasteiger partial charge in [0.15, 0.2) is 0 Å². The van der Waals surface area contributed by atoms with Gasteiger partial charge >= 0.3 is 0 Å². The van der Waals surface area contributed by atoms with Crippen LogP contribution in [0.2, 0.25) is 0 Å². The van der Waals surface area contributed by atoms with Crippen LogP contribution in [-0.4, -0.2) is 14.7 Å². The number of rotatable bonds is 1. The molecular weight excluding hydrogens is 214 g/mol. The number of aromatic hydroxyl groups is 1. The standard InChI is InChI=1S/C13H11N3O/c14-9-5-6-11-10(7-9)15-8-16(11)12-3-1-2-4-13(12)17/h1-8,17H,14H2. The van der Waals surface area contributed by atoms with Gasteiger partial charge in [-0.3, -0.25) is 4.57 Å². The number of benzene rings is 2. The summed E-state index contributed by atoms with van der Waals surface area (Å²) in [6, 6.07) is 12.7. The molecule has 17 heavy (non-hydrogen) atoms. The summed E-state index contributed by atoms with van der Waals surface area (Å²) in [7, 11) is 0. The Bertz CT molecular complexity index is 688. The quantitative estimate of drug-likeness (QED) is 0.624. The normalized spacial score (nSPS) is 10.8. The number of aromatic nitrogens is 2. The van der Waals surface area contributed by atoms with Crippen molar-refractivity contribution < 1.29 is 5.11 Å². The number of fused-ring (bicyclic) bond motifs is 1. The highest BCUT2D eigenvalue weighted by atomic mass is 16.3. The van der Waals surface area contributed by atoms with Crippen molar-refractivity contribution in [2.24, 2.45) is 0 Å². The molecule has 0 spiro atoms. The molecule has 4 nitrogen and oxygen atoms in total. The smallest absolute Gasteiger partial charge is 0.139 e. The van der Waals surface area contributed by atoms with E-state index >= 15 is 0 Å². The summed E-state index contributed by atoms with van der Waals surface area (Å²) >= 11 is 0. The highest BCUT2D eigenvalue weighted by Crippen LogP contribution is 2.25. The molecule has 0 aliphatic heterocycles. The van der Waals surface area contributed by atoms with Gasteiger partial charge in [-0.15, -0.1) is 0 Å². The van der Waals surface area contributed by atoms with Crippen LogP contribution in [0.3, 0.4) is 0 Å². The van der Waals surface area contributed by atoms with Crippen LogP contribution in [0.5, 0.6) is 5.75 Å². The number of para-hydroxylation sites is 2. The van der Waals surface area contributed by atoms with Crippen molar-refractivity contribution >= 4 is 16.7 Å². The van der Waals surface area contributed by atoms with Crippen molar-refractivity contribution in [2.45, 2.75) is 0 Å². The minimum atomic E-state index is 0.226. The topological polar surface area (TPSA) is 64.1 Å². The largest absolute Gasteiger partial charge is 0.506 e. The van der Waals surface area contributed by atoms with Gasteiger partial charge in [-0.1, -0.05) is 12.1 Å². The first-order valence-electron chi connectivity index (χ1n) is 5.26. The van der Waals surface area contributed by atoms with E-state index in [-0.39, 0.29) is 5.75 Å². The lowest BCUT2D eigenvalue weighted by Crippen LogP contribution is -1.92. The van der Waals surface area contributed by atoms with Crippen LogP contribution >= 0.6 is 0 Å². The minimum absolute atomic E-state index is 0.226. The second kappa shape index (κ2) is 3.52. The molecule has 4 heteroatoms. The molecule has 84 valence electrons. The average molecular weight is 225 g/mol. The Hall–Kier alpha value is -2.49. The van der Waals surface area contributed by atoms with Crippen molar-refractivity contribution in [1.29, 1.82) is 0 Å². The van der Waals surface area contributed by atoms with Gasteiger partial charge in [0.1, 0.15) is 12.1 Å². The van der Waals surface area contributed by atoms with Gasteiger partial charge in [0.2, 0.25) is 0 Å². The van der Waals surface area contributed by atoms with Crippen LogP contribution in [0, 0.1) is 0 Å². The number of phenols is 1. The van der Waals surface area contributed by atoms with Gasteiger partial charge < -0.3 is 10.8 Å². The van der Waals surface area contributed by atoms with Crippen LogP contribution in [0.15, 0.2) is 48.8 Å². The highest BCUT2D eigenvalue weighted by molar-refractivity contribution is 5.81. The lowest BCUT2D eigenvalue weighted by atomic mass is 10.2. The van der Waals surface area contributed by atoms with E-state index in [0.29, 0.717) is 11.4 Å². The minimum Gasteiger partial charge on any atom is -0.506 e. The molecule has 0 amide bonds. The number of anilines is 1. The molecule has 3 N–H and O–H groups in total. The van der Waals surface area contributed by atoms with Gasteiger partial charge in [-0.2, -0.15) is 0 Å². The first kappa shape index (κ1) is 9.72. The lowest BCUT2D eigenvalue weighted by molar-refractivity contribution is 0.472. The van der Waals surface area contributed by atoms with Crippen molar-refractivity contribution in [3.63, 3.8) is 0 Å². The number of hydrogen-bond donors (Lipinski definition) is 2. The van der Waals surface area contributed by atoms with Gasteiger partial charge in [0.25, 0.3) is 0 Å². The van der Waals surface area contributed by atoms with Crippen molar-refractivity contribution in [2.75, 3.05) is 5.73 Å². The van der Waals surface area contributed by atoms with Gasteiger partial charge in [-0.05, 0) is 30.3 Å². The Morgan fingerprint density at radius 3 is 2.76 bits per heavy atom. The molecule has 0 aliphatic rings. The molecule has 0 atom stereocenters. The second-order valence-electron chi connectivity index (χ2n) is 3.85. The Labute approximate surface area is 97.9 Å². The molecule has 0 saturated heterocycles. The molecule has 0 saturated carbocycles. The third-order valence-corrected chi connectivity index (χ3v) is 2.71. The number of nitrogen functional groups attached to an aromatic ring is 1. The summed E-state index contributed by atoms with van der Waals surface area (Å²) < 4.78 is 1.84. The third kappa shape index (κ3) is 1.50. The fourth-order valence-corrected chi connectivity index (χ4v) is 1.89. The molecule has 0 radical (unpaired) electrons.